The van der Waals surface area contributed by atoms with E-state index >= 15 is 0 Å². The third kappa shape index (κ3) is 12.5. The molecule has 0 saturated heterocycles. The minimum absolute atomic E-state index is 0.640. The number of hydrogen-bond donors (Lipinski definition) is 1. The lowest BCUT2D eigenvalue weighted by atomic mass is 9.97. The summed E-state index contributed by atoms with van der Waals surface area (Å²) in [5.41, 5.74) is 9.44. The van der Waals surface area contributed by atoms with Crippen LogP contribution in [0.25, 0.3) is 12.2 Å². The van der Waals surface area contributed by atoms with Crippen LogP contribution in [0.5, 0.6) is 5.75 Å². The van der Waals surface area contributed by atoms with E-state index in [4.69, 9.17) is 10.5 Å². The predicted molar refractivity (Wildman–Crippen MR) is 146 cm³/mol. The van der Waals surface area contributed by atoms with Crippen molar-refractivity contribution in [2.75, 3.05) is 13.2 Å². The van der Waals surface area contributed by atoms with Crippen LogP contribution in [0.4, 0.5) is 0 Å². The Morgan fingerprint density at radius 2 is 1.30 bits per heavy atom. The van der Waals surface area contributed by atoms with Crippen molar-refractivity contribution >= 4 is 12.2 Å². The van der Waals surface area contributed by atoms with Crippen molar-refractivity contribution in [1.29, 1.82) is 0 Å². The number of unbranched alkanes of at least 4 members (excludes halogenated alkanes) is 7. The summed E-state index contributed by atoms with van der Waals surface area (Å²) in [7, 11) is 0. The summed E-state index contributed by atoms with van der Waals surface area (Å²) in [4.78, 5) is 0. The van der Waals surface area contributed by atoms with Gasteiger partial charge < -0.3 is 10.5 Å². The average molecular weight is 448 g/mol. The summed E-state index contributed by atoms with van der Waals surface area (Å²) in [6.45, 7) is 6.12. The molecule has 0 aliphatic carbocycles. The lowest BCUT2D eigenvalue weighted by molar-refractivity contribution is 0.304. The van der Waals surface area contributed by atoms with E-state index in [1.165, 1.54) is 61.6 Å². The Bertz CT molecular complexity index is 789. The van der Waals surface area contributed by atoms with Gasteiger partial charge >= 0.3 is 0 Å². The van der Waals surface area contributed by atoms with E-state index in [1.54, 1.807) is 0 Å². The number of hydrogen-bond acceptors (Lipinski definition) is 2. The third-order valence-electron chi connectivity index (χ3n) is 6.06. The third-order valence-corrected chi connectivity index (χ3v) is 6.06. The van der Waals surface area contributed by atoms with Gasteiger partial charge in [-0.1, -0.05) is 119 Å². The van der Waals surface area contributed by atoms with E-state index in [2.05, 4.69) is 86.7 Å². The van der Waals surface area contributed by atoms with E-state index < -0.39 is 0 Å². The van der Waals surface area contributed by atoms with Crippen molar-refractivity contribution in [2.45, 2.75) is 78.1 Å². The second-order valence-corrected chi connectivity index (χ2v) is 9.24. The normalized spacial score (nSPS) is 12.6. The van der Waals surface area contributed by atoms with E-state index in [0.717, 1.165) is 38.2 Å². The van der Waals surface area contributed by atoms with E-state index in [-0.39, 0.29) is 0 Å². The molecule has 0 aliphatic rings. The fourth-order valence-electron chi connectivity index (χ4n) is 3.99. The maximum atomic E-state index is 5.89. The quantitative estimate of drug-likeness (QED) is 0.195. The highest BCUT2D eigenvalue weighted by molar-refractivity contribution is 5.57. The fourth-order valence-corrected chi connectivity index (χ4v) is 3.99. The molecule has 0 bridgehead atoms. The van der Waals surface area contributed by atoms with Gasteiger partial charge in [-0.3, -0.25) is 0 Å². The molecule has 0 aliphatic heterocycles. The number of ether oxygens (including phenoxy) is 1. The van der Waals surface area contributed by atoms with Crippen LogP contribution in [0.2, 0.25) is 0 Å². The van der Waals surface area contributed by atoms with Crippen LogP contribution in [0, 0.1) is 5.92 Å². The molecule has 0 spiro atoms. The molecular formula is C31H45NO. The minimum Gasteiger partial charge on any atom is -0.494 e. The van der Waals surface area contributed by atoms with Crippen LogP contribution in [-0.4, -0.2) is 13.2 Å². The predicted octanol–water partition coefficient (Wildman–Crippen LogP) is 8.46. The van der Waals surface area contributed by atoms with Crippen LogP contribution >= 0.6 is 0 Å². The summed E-state index contributed by atoms with van der Waals surface area (Å²) in [6, 6.07) is 17.2. The summed E-state index contributed by atoms with van der Waals surface area (Å²) in [5.74, 6) is 1.60. The van der Waals surface area contributed by atoms with Gasteiger partial charge in [-0.05, 0) is 60.5 Å². The Hall–Kier alpha value is -2.32. The van der Waals surface area contributed by atoms with Crippen molar-refractivity contribution in [1.82, 2.24) is 0 Å². The molecule has 2 aromatic carbocycles. The Kier molecular flexibility index (Phi) is 14.0. The zero-order chi connectivity index (χ0) is 23.6. The van der Waals surface area contributed by atoms with Gasteiger partial charge in [0.25, 0.3) is 0 Å². The largest absolute Gasteiger partial charge is 0.494 e. The molecule has 33 heavy (non-hydrogen) atoms. The first kappa shape index (κ1) is 26.9. The topological polar surface area (TPSA) is 35.2 Å². The molecule has 2 heteroatoms. The molecule has 1 unspecified atom stereocenters. The summed E-state index contributed by atoms with van der Waals surface area (Å²) in [5, 5.41) is 0. The fraction of sp³-hybridized carbons (Fsp3) is 0.484. The lowest BCUT2D eigenvalue weighted by Crippen LogP contribution is -2.07. The van der Waals surface area contributed by atoms with Crippen LogP contribution in [0.15, 0.2) is 60.7 Å². The molecular weight excluding hydrogens is 402 g/mol. The van der Waals surface area contributed by atoms with Crippen LogP contribution in [0.1, 0.15) is 88.3 Å². The summed E-state index contributed by atoms with van der Waals surface area (Å²) >= 11 is 0. The molecule has 0 amide bonds. The Morgan fingerprint density at radius 3 is 1.88 bits per heavy atom. The molecule has 0 fully saturated rings. The molecule has 180 valence electrons. The van der Waals surface area contributed by atoms with E-state index in [0.29, 0.717) is 5.92 Å². The van der Waals surface area contributed by atoms with E-state index in [1.807, 2.05) is 0 Å². The van der Waals surface area contributed by atoms with Gasteiger partial charge in [-0.15, -0.1) is 0 Å². The minimum atomic E-state index is 0.640. The van der Waals surface area contributed by atoms with Crippen molar-refractivity contribution in [3.8, 4) is 5.75 Å². The summed E-state index contributed by atoms with van der Waals surface area (Å²) < 4.78 is 5.89. The van der Waals surface area contributed by atoms with Gasteiger partial charge in [0.1, 0.15) is 5.75 Å². The first-order valence-electron chi connectivity index (χ1n) is 13.1. The van der Waals surface area contributed by atoms with Gasteiger partial charge in [-0.2, -0.15) is 0 Å². The highest BCUT2D eigenvalue weighted by atomic mass is 16.5. The van der Waals surface area contributed by atoms with Crippen molar-refractivity contribution in [3.05, 3.63) is 77.4 Å². The molecule has 2 N–H and O–H groups in total. The molecule has 2 rings (SSSR count). The van der Waals surface area contributed by atoms with Crippen molar-refractivity contribution in [2.24, 2.45) is 11.7 Å². The number of benzene rings is 2. The first-order valence-corrected chi connectivity index (χ1v) is 13.1. The zero-order valence-electron chi connectivity index (χ0n) is 21.0. The van der Waals surface area contributed by atoms with Gasteiger partial charge in [0, 0.05) is 0 Å². The van der Waals surface area contributed by atoms with Gasteiger partial charge in [-0.25, -0.2) is 0 Å². The molecule has 2 nitrogen and oxygen atoms in total. The van der Waals surface area contributed by atoms with E-state index in [9.17, 15) is 0 Å². The Balaban J connectivity index is 1.64. The van der Waals surface area contributed by atoms with Gasteiger partial charge in [0.05, 0.1) is 6.61 Å². The van der Waals surface area contributed by atoms with Crippen molar-refractivity contribution < 1.29 is 4.74 Å². The monoisotopic (exact) mass is 447 g/mol. The van der Waals surface area contributed by atoms with Crippen LogP contribution in [0.3, 0.4) is 0 Å². The molecule has 2 aromatic rings. The molecule has 0 radical (unpaired) electrons. The number of rotatable bonds is 17. The standard InChI is InChI=1S/C31H45NO/c1-3-4-5-6-7-8-9-12-25-33-31-21-19-29(20-22-31)14-11-10-13-28-15-17-30(18-16-28)26-27(2)23-24-32/h10-11,13-22,27H,3-9,12,23-26,32H2,1-2H3. The maximum absolute atomic E-state index is 5.89. The van der Waals surface area contributed by atoms with Crippen LogP contribution < -0.4 is 10.5 Å². The highest BCUT2D eigenvalue weighted by Gasteiger charge is 2.02. The lowest BCUT2D eigenvalue weighted by Gasteiger charge is -2.09. The maximum Gasteiger partial charge on any atom is 0.119 e. The molecule has 0 heterocycles. The SMILES string of the molecule is CCCCCCCCCCOc1ccc(C=CC=Cc2ccc(CC(C)CCN)cc2)cc1. The van der Waals surface area contributed by atoms with Crippen molar-refractivity contribution in [3.63, 3.8) is 0 Å². The van der Waals surface area contributed by atoms with Gasteiger partial charge in [0.15, 0.2) is 0 Å². The smallest absolute Gasteiger partial charge is 0.119 e. The first-order chi connectivity index (χ1) is 16.2. The second kappa shape index (κ2) is 17.2. The highest BCUT2D eigenvalue weighted by Crippen LogP contribution is 2.16. The molecule has 0 saturated carbocycles. The molecule has 0 aromatic heterocycles. The van der Waals surface area contributed by atoms with Gasteiger partial charge in [0.2, 0.25) is 0 Å². The average Bonchev–Trinajstić information content (AvgIpc) is 2.83. The Morgan fingerprint density at radius 1 is 0.758 bits per heavy atom. The molecule has 1 atom stereocenters. The Labute approximate surface area is 202 Å². The number of allylic oxidation sites excluding steroid dienone is 2. The second-order valence-electron chi connectivity index (χ2n) is 9.24. The summed E-state index contributed by atoms with van der Waals surface area (Å²) in [6.07, 6.45) is 21.3. The number of nitrogens with two attached hydrogens (primary N) is 1. The zero-order valence-corrected chi connectivity index (χ0v) is 21.0. The van der Waals surface area contributed by atoms with Crippen LogP contribution in [-0.2, 0) is 6.42 Å².